The standard InChI is InChI=1S/C10H15F2N3O2/c1-3-15-8(4-7(2)14-15)9(17)13-5-10(11,12)6-16/h4,16H,3,5-6H2,1-2H3,(H,13,17). The fraction of sp³-hybridized carbons (Fsp3) is 0.600. The van der Waals surface area contributed by atoms with Crippen molar-refractivity contribution in [2.75, 3.05) is 13.2 Å². The minimum Gasteiger partial charge on any atom is -0.390 e. The number of aryl methyl sites for hydroxylation is 2. The number of aliphatic hydroxyl groups is 1. The van der Waals surface area contributed by atoms with Crippen molar-refractivity contribution >= 4 is 5.91 Å². The second-order valence-corrected chi connectivity index (χ2v) is 3.68. The number of rotatable bonds is 5. The van der Waals surface area contributed by atoms with Crippen LogP contribution in [0.4, 0.5) is 8.78 Å². The first kappa shape index (κ1) is 13.6. The largest absolute Gasteiger partial charge is 0.390 e. The first-order chi connectivity index (χ1) is 7.89. The number of halogens is 2. The Hall–Kier alpha value is -1.50. The fourth-order valence-electron chi connectivity index (χ4n) is 1.33. The smallest absolute Gasteiger partial charge is 0.287 e. The van der Waals surface area contributed by atoms with Gasteiger partial charge in [0.15, 0.2) is 0 Å². The lowest BCUT2D eigenvalue weighted by Crippen LogP contribution is -2.39. The zero-order valence-corrected chi connectivity index (χ0v) is 9.70. The van der Waals surface area contributed by atoms with Crippen molar-refractivity contribution in [1.29, 1.82) is 0 Å². The summed E-state index contributed by atoms with van der Waals surface area (Å²) in [6.45, 7) is 1.80. The summed E-state index contributed by atoms with van der Waals surface area (Å²) in [5.74, 6) is -3.93. The summed E-state index contributed by atoms with van der Waals surface area (Å²) in [5, 5.41) is 14.5. The molecular formula is C10H15F2N3O2. The molecule has 1 heterocycles. The number of carbonyl (C=O) groups excluding carboxylic acids is 1. The molecule has 0 saturated heterocycles. The number of aliphatic hydroxyl groups excluding tert-OH is 1. The fourth-order valence-corrected chi connectivity index (χ4v) is 1.33. The van der Waals surface area contributed by atoms with Gasteiger partial charge in [-0.05, 0) is 19.9 Å². The van der Waals surface area contributed by atoms with E-state index in [2.05, 4.69) is 10.4 Å². The van der Waals surface area contributed by atoms with Crippen LogP contribution >= 0.6 is 0 Å². The molecule has 0 aliphatic rings. The lowest BCUT2D eigenvalue weighted by Gasteiger charge is -2.14. The summed E-state index contributed by atoms with van der Waals surface area (Å²) in [5.41, 5.74) is 0.879. The number of nitrogens with one attached hydrogen (secondary N) is 1. The third-order valence-corrected chi connectivity index (χ3v) is 2.17. The number of hydrogen-bond acceptors (Lipinski definition) is 3. The van der Waals surface area contributed by atoms with Crippen molar-refractivity contribution < 1.29 is 18.7 Å². The molecule has 1 rings (SSSR count). The van der Waals surface area contributed by atoms with Gasteiger partial charge in [-0.2, -0.15) is 5.10 Å². The average molecular weight is 247 g/mol. The molecule has 17 heavy (non-hydrogen) atoms. The van der Waals surface area contributed by atoms with Gasteiger partial charge in [-0.1, -0.05) is 0 Å². The Morgan fingerprint density at radius 3 is 2.82 bits per heavy atom. The van der Waals surface area contributed by atoms with Crippen LogP contribution in [-0.2, 0) is 6.54 Å². The van der Waals surface area contributed by atoms with Crippen molar-refractivity contribution in [3.63, 3.8) is 0 Å². The van der Waals surface area contributed by atoms with E-state index in [1.807, 2.05) is 0 Å². The van der Waals surface area contributed by atoms with Gasteiger partial charge in [-0.15, -0.1) is 0 Å². The molecule has 96 valence electrons. The van der Waals surface area contributed by atoms with E-state index in [-0.39, 0.29) is 5.69 Å². The molecule has 0 aliphatic carbocycles. The van der Waals surface area contributed by atoms with Crippen LogP contribution in [0.3, 0.4) is 0 Å². The Kier molecular flexibility index (Phi) is 4.17. The predicted molar refractivity (Wildman–Crippen MR) is 57.0 cm³/mol. The maximum atomic E-state index is 12.7. The van der Waals surface area contributed by atoms with Crippen LogP contribution in [0, 0.1) is 6.92 Å². The zero-order chi connectivity index (χ0) is 13.1. The summed E-state index contributed by atoms with van der Waals surface area (Å²) in [6, 6.07) is 1.52. The lowest BCUT2D eigenvalue weighted by atomic mass is 10.3. The van der Waals surface area contributed by atoms with Gasteiger partial charge in [0.05, 0.1) is 12.2 Å². The van der Waals surface area contributed by atoms with Crippen molar-refractivity contribution in [2.45, 2.75) is 26.3 Å². The SMILES string of the molecule is CCn1nc(C)cc1C(=O)NCC(F)(F)CO. The minimum absolute atomic E-state index is 0.235. The van der Waals surface area contributed by atoms with E-state index in [1.54, 1.807) is 13.8 Å². The van der Waals surface area contributed by atoms with Gasteiger partial charge in [-0.3, -0.25) is 9.48 Å². The van der Waals surface area contributed by atoms with E-state index in [1.165, 1.54) is 10.7 Å². The molecule has 0 bridgehead atoms. The Balaban J connectivity index is 2.70. The molecule has 0 unspecified atom stereocenters. The van der Waals surface area contributed by atoms with Crippen molar-refractivity contribution in [3.8, 4) is 0 Å². The molecule has 1 aromatic rings. The third kappa shape index (κ3) is 3.48. The molecule has 0 radical (unpaired) electrons. The highest BCUT2D eigenvalue weighted by Crippen LogP contribution is 2.10. The number of nitrogens with zero attached hydrogens (tertiary/aromatic N) is 2. The van der Waals surface area contributed by atoms with Crippen LogP contribution in [0.5, 0.6) is 0 Å². The van der Waals surface area contributed by atoms with Crippen molar-refractivity contribution in [1.82, 2.24) is 15.1 Å². The maximum Gasteiger partial charge on any atom is 0.287 e. The van der Waals surface area contributed by atoms with E-state index in [4.69, 9.17) is 5.11 Å². The minimum atomic E-state index is -3.30. The highest BCUT2D eigenvalue weighted by molar-refractivity contribution is 5.92. The van der Waals surface area contributed by atoms with Gasteiger partial charge in [0.1, 0.15) is 12.3 Å². The van der Waals surface area contributed by atoms with E-state index < -0.39 is 25.0 Å². The van der Waals surface area contributed by atoms with E-state index in [0.717, 1.165) is 0 Å². The van der Waals surface area contributed by atoms with Gasteiger partial charge in [-0.25, -0.2) is 8.78 Å². The second kappa shape index (κ2) is 5.22. The molecule has 0 aliphatic heterocycles. The van der Waals surface area contributed by atoms with Crippen LogP contribution in [0.2, 0.25) is 0 Å². The van der Waals surface area contributed by atoms with Gasteiger partial charge in [0, 0.05) is 6.54 Å². The molecule has 0 fully saturated rings. The number of hydrogen-bond donors (Lipinski definition) is 2. The maximum absolute atomic E-state index is 12.7. The van der Waals surface area contributed by atoms with E-state index >= 15 is 0 Å². The first-order valence-corrected chi connectivity index (χ1v) is 5.21. The van der Waals surface area contributed by atoms with Crippen LogP contribution in [0.1, 0.15) is 23.1 Å². The first-order valence-electron chi connectivity index (χ1n) is 5.21. The third-order valence-electron chi connectivity index (χ3n) is 2.17. The Morgan fingerprint density at radius 1 is 1.65 bits per heavy atom. The zero-order valence-electron chi connectivity index (χ0n) is 9.70. The molecule has 0 atom stereocenters. The molecule has 5 nitrogen and oxygen atoms in total. The van der Waals surface area contributed by atoms with Gasteiger partial charge in [0.2, 0.25) is 0 Å². The number of alkyl halides is 2. The normalized spacial score (nSPS) is 11.6. The molecule has 0 aromatic carbocycles. The second-order valence-electron chi connectivity index (χ2n) is 3.68. The number of aromatic nitrogens is 2. The van der Waals surface area contributed by atoms with Crippen LogP contribution in [0.25, 0.3) is 0 Å². The molecule has 1 amide bonds. The summed E-state index contributed by atoms with van der Waals surface area (Å²) in [6.07, 6.45) is 0. The Morgan fingerprint density at radius 2 is 2.29 bits per heavy atom. The average Bonchev–Trinajstić information content (AvgIpc) is 2.67. The predicted octanol–water partition coefficient (Wildman–Crippen LogP) is 0.569. The molecular weight excluding hydrogens is 232 g/mol. The molecule has 2 N–H and O–H groups in total. The summed E-state index contributed by atoms with van der Waals surface area (Å²) < 4.78 is 26.9. The Bertz CT molecular complexity index is 404. The van der Waals surface area contributed by atoms with E-state index in [9.17, 15) is 13.6 Å². The van der Waals surface area contributed by atoms with E-state index in [0.29, 0.717) is 12.2 Å². The highest BCUT2D eigenvalue weighted by Gasteiger charge is 2.28. The summed E-state index contributed by atoms with van der Waals surface area (Å²) >= 11 is 0. The van der Waals surface area contributed by atoms with Crippen molar-refractivity contribution in [3.05, 3.63) is 17.5 Å². The van der Waals surface area contributed by atoms with Crippen molar-refractivity contribution in [2.24, 2.45) is 0 Å². The highest BCUT2D eigenvalue weighted by atomic mass is 19.3. The quantitative estimate of drug-likeness (QED) is 0.799. The van der Waals surface area contributed by atoms with Crippen LogP contribution in [-0.4, -0.2) is 39.9 Å². The monoisotopic (exact) mass is 247 g/mol. The molecule has 1 aromatic heterocycles. The topological polar surface area (TPSA) is 67.2 Å². The lowest BCUT2D eigenvalue weighted by molar-refractivity contribution is -0.0462. The molecule has 7 heteroatoms. The summed E-state index contributed by atoms with van der Waals surface area (Å²) in [7, 11) is 0. The molecule has 0 saturated carbocycles. The molecule has 0 spiro atoms. The van der Waals surface area contributed by atoms with Gasteiger partial charge < -0.3 is 10.4 Å². The number of amides is 1. The summed E-state index contributed by atoms with van der Waals surface area (Å²) in [4.78, 5) is 11.6. The van der Waals surface area contributed by atoms with Gasteiger partial charge >= 0.3 is 0 Å². The van der Waals surface area contributed by atoms with Crippen LogP contribution in [0.15, 0.2) is 6.07 Å². The Labute approximate surface area is 97.4 Å². The van der Waals surface area contributed by atoms with Gasteiger partial charge in [0.25, 0.3) is 11.8 Å². The number of carbonyl (C=O) groups is 1. The van der Waals surface area contributed by atoms with Crippen LogP contribution < -0.4 is 5.32 Å².